The Kier molecular flexibility index (Phi) is 6.82. The lowest BCUT2D eigenvalue weighted by Gasteiger charge is -2.18. The zero-order valence-corrected chi connectivity index (χ0v) is 21.5. The number of para-hydroxylation sites is 1. The number of carbonyl (C=O) groups excluding carboxylic acids is 1. The summed E-state index contributed by atoms with van der Waals surface area (Å²) in [7, 11) is 3.98. The molecule has 11 heteroatoms. The Bertz CT molecular complexity index is 1410. The highest BCUT2D eigenvalue weighted by Gasteiger charge is 2.51. The van der Waals surface area contributed by atoms with Crippen LogP contribution >= 0.6 is 0 Å². The summed E-state index contributed by atoms with van der Waals surface area (Å²) < 4.78 is 25.2. The summed E-state index contributed by atoms with van der Waals surface area (Å²) in [4.78, 5) is 14.7. The van der Waals surface area contributed by atoms with Gasteiger partial charge < -0.3 is 23.8 Å². The number of nitrogens with zero attached hydrogens (tertiary/aromatic N) is 5. The fourth-order valence-electron chi connectivity index (χ4n) is 4.79. The van der Waals surface area contributed by atoms with Crippen molar-refractivity contribution in [1.29, 1.82) is 0 Å². The van der Waals surface area contributed by atoms with Crippen LogP contribution in [0.15, 0.2) is 78.9 Å². The van der Waals surface area contributed by atoms with Gasteiger partial charge in [0, 0.05) is 31.0 Å². The molecule has 200 valence electrons. The van der Waals surface area contributed by atoms with E-state index in [1.165, 1.54) is 0 Å². The van der Waals surface area contributed by atoms with Crippen molar-refractivity contribution in [3.8, 4) is 22.9 Å². The van der Waals surface area contributed by atoms with Crippen LogP contribution in [-0.4, -0.2) is 71.9 Å². The van der Waals surface area contributed by atoms with Gasteiger partial charge in [0.05, 0.1) is 13.2 Å². The van der Waals surface area contributed by atoms with E-state index in [0.717, 1.165) is 17.0 Å². The third kappa shape index (κ3) is 5.27. The topological polar surface area (TPSA) is 113 Å². The minimum Gasteiger partial charge on any atom is -0.457 e. The lowest BCUT2D eigenvalue weighted by molar-refractivity contribution is 0.00774. The average Bonchev–Trinajstić information content (AvgIpc) is 3.68. The molecule has 2 saturated heterocycles. The zero-order chi connectivity index (χ0) is 26.8. The Morgan fingerprint density at radius 3 is 2.38 bits per heavy atom. The van der Waals surface area contributed by atoms with Gasteiger partial charge in [-0.25, -0.2) is 9.48 Å². The van der Waals surface area contributed by atoms with E-state index in [1.807, 2.05) is 73.6 Å². The predicted molar refractivity (Wildman–Crippen MR) is 143 cm³/mol. The second kappa shape index (κ2) is 10.7. The first kappa shape index (κ1) is 24.8. The molecular weight excluding hydrogens is 500 g/mol. The third-order valence-electron chi connectivity index (χ3n) is 6.77. The van der Waals surface area contributed by atoms with E-state index in [0.29, 0.717) is 23.9 Å². The van der Waals surface area contributed by atoms with E-state index >= 15 is 0 Å². The van der Waals surface area contributed by atoms with Crippen LogP contribution in [0.1, 0.15) is 6.04 Å². The van der Waals surface area contributed by atoms with Gasteiger partial charge in [0.2, 0.25) is 0 Å². The molecular formula is C28H28N6O5. The van der Waals surface area contributed by atoms with Crippen LogP contribution in [0.3, 0.4) is 0 Å². The molecule has 1 aromatic heterocycles. The summed E-state index contributed by atoms with van der Waals surface area (Å²) in [6, 6.07) is 24.3. The summed E-state index contributed by atoms with van der Waals surface area (Å²) in [5, 5.41) is 15.1. The number of amides is 1. The van der Waals surface area contributed by atoms with Gasteiger partial charge in [-0.1, -0.05) is 18.2 Å². The Labute approximate surface area is 225 Å². The first-order chi connectivity index (χ1) is 19.0. The second-order valence-corrected chi connectivity index (χ2v) is 9.56. The molecule has 4 aromatic rings. The number of rotatable bonds is 7. The van der Waals surface area contributed by atoms with Crippen molar-refractivity contribution in [1.82, 2.24) is 20.2 Å². The Balaban J connectivity index is 1.06. The maximum atomic E-state index is 12.6. The fourth-order valence-corrected chi connectivity index (χ4v) is 4.79. The maximum absolute atomic E-state index is 12.6. The van der Waals surface area contributed by atoms with Crippen molar-refractivity contribution in [3.05, 3.63) is 78.9 Å². The van der Waals surface area contributed by atoms with Crippen LogP contribution in [0.4, 0.5) is 16.2 Å². The minimum atomic E-state index is -0.586. The number of ether oxygens (including phenoxy) is 4. The molecule has 6 rings (SSSR count). The molecule has 0 saturated carbocycles. The van der Waals surface area contributed by atoms with Crippen molar-refractivity contribution < 1.29 is 23.7 Å². The molecule has 0 spiro atoms. The standard InChI is InChI=1S/C28H28N6O5/c1-33(2)20-12-8-18(9-13-20)27-30-31-32-34(27)23-16-36-26-24(17-37-25(23)26)39-28(35)29-19-10-14-22(15-11-19)38-21-6-4-3-5-7-21/h3-15,23-26H,16-17H2,1-2H3,(H,29,35)/t23-,24+,25+,26+/m0/s1. The Morgan fingerprint density at radius 2 is 1.64 bits per heavy atom. The van der Waals surface area contributed by atoms with Gasteiger partial charge in [0.25, 0.3) is 0 Å². The quantitative estimate of drug-likeness (QED) is 0.378. The SMILES string of the molecule is CN(C)c1ccc(-c2nnnn2[C@H]2CO[C@H]3[C@@H]2OC[C@H]3OC(=O)Nc2ccc(Oc3ccccc3)cc2)cc1. The molecule has 4 atom stereocenters. The molecule has 0 bridgehead atoms. The number of carbonyl (C=O) groups is 1. The minimum absolute atomic E-state index is 0.220. The van der Waals surface area contributed by atoms with Gasteiger partial charge >= 0.3 is 6.09 Å². The van der Waals surface area contributed by atoms with Crippen LogP contribution in [-0.2, 0) is 14.2 Å². The molecule has 3 aromatic carbocycles. The van der Waals surface area contributed by atoms with E-state index in [1.54, 1.807) is 28.9 Å². The second-order valence-electron chi connectivity index (χ2n) is 9.56. The number of anilines is 2. The zero-order valence-electron chi connectivity index (χ0n) is 21.5. The first-order valence-electron chi connectivity index (χ1n) is 12.6. The van der Waals surface area contributed by atoms with Crippen molar-refractivity contribution in [2.45, 2.75) is 24.4 Å². The van der Waals surface area contributed by atoms with E-state index in [-0.39, 0.29) is 18.8 Å². The van der Waals surface area contributed by atoms with Gasteiger partial charge in [0.1, 0.15) is 29.7 Å². The number of aromatic nitrogens is 4. The van der Waals surface area contributed by atoms with Crippen molar-refractivity contribution in [3.63, 3.8) is 0 Å². The molecule has 1 amide bonds. The summed E-state index contributed by atoms with van der Waals surface area (Å²) in [6.45, 7) is 0.561. The highest BCUT2D eigenvalue weighted by atomic mass is 16.6. The fraction of sp³-hybridized carbons (Fsp3) is 0.286. The van der Waals surface area contributed by atoms with E-state index in [4.69, 9.17) is 18.9 Å². The predicted octanol–water partition coefficient (Wildman–Crippen LogP) is 4.15. The molecule has 2 aliphatic heterocycles. The van der Waals surface area contributed by atoms with E-state index in [2.05, 4.69) is 20.8 Å². The van der Waals surface area contributed by atoms with Gasteiger partial charge in [-0.2, -0.15) is 0 Å². The molecule has 0 aliphatic carbocycles. The van der Waals surface area contributed by atoms with E-state index in [9.17, 15) is 4.79 Å². The molecule has 3 heterocycles. The van der Waals surface area contributed by atoms with Crippen molar-refractivity contribution in [2.75, 3.05) is 37.5 Å². The normalized spacial score (nSPS) is 21.8. The third-order valence-corrected chi connectivity index (χ3v) is 6.77. The lowest BCUT2D eigenvalue weighted by Crippen LogP contribution is -2.35. The highest BCUT2D eigenvalue weighted by molar-refractivity contribution is 5.84. The largest absolute Gasteiger partial charge is 0.457 e. The Hall–Kier alpha value is -4.48. The first-order valence-corrected chi connectivity index (χ1v) is 12.6. The molecule has 2 aliphatic rings. The summed E-state index contributed by atoms with van der Waals surface area (Å²) >= 11 is 0. The molecule has 0 radical (unpaired) electrons. The van der Waals surface area contributed by atoms with Crippen LogP contribution in [0.2, 0.25) is 0 Å². The molecule has 39 heavy (non-hydrogen) atoms. The lowest BCUT2D eigenvalue weighted by atomic mass is 10.1. The van der Waals surface area contributed by atoms with Crippen molar-refractivity contribution >= 4 is 17.5 Å². The smallest absolute Gasteiger partial charge is 0.412 e. The average molecular weight is 529 g/mol. The number of benzene rings is 3. The molecule has 0 unspecified atom stereocenters. The number of tetrazole rings is 1. The van der Waals surface area contributed by atoms with Gasteiger partial charge in [-0.3, -0.25) is 5.32 Å². The van der Waals surface area contributed by atoms with Gasteiger partial charge in [0.15, 0.2) is 11.9 Å². The van der Waals surface area contributed by atoms with Crippen LogP contribution < -0.4 is 15.0 Å². The maximum Gasteiger partial charge on any atom is 0.412 e. The summed E-state index contributed by atoms with van der Waals surface area (Å²) in [6.07, 6.45) is -1.91. The van der Waals surface area contributed by atoms with Crippen LogP contribution in [0.5, 0.6) is 11.5 Å². The number of hydrogen-bond donors (Lipinski definition) is 1. The van der Waals surface area contributed by atoms with Crippen LogP contribution in [0, 0.1) is 0 Å². The number of nitrogens with one attached hydrogen (secondary N) is 1. The van der Waals surface area contributed by atoms with Gasteiger partial charge in [-0.15, -0.1) is 5.10 Å². The van der Waals surface area contributed by atoms with E-state index < -0.39 is 18.3 Å². The summed E-state index contributed by atoms with van der Waals surface area (Å²) in [5.74, 6) is 2.02. The molecule has 1 N–H and O–H groups in total. The summed E-state index contributed by atoms with van der Waals surface area (Å²) in [5.41, 5.74) is 2.55. The van der Waals surface area contributed by atoms with Crippen LogP contribution in [0.25, 0.3) is 11.4 Å². The molecule has 11 nitrogen and oxygen atoms in total. The molecule has 2 fully saturated rings. The number of fused-ring (bicyclic) bond motifs is 1. The number of hydrogen-bond acceptors (Lipinski definition) is 9. The Morgan fingerprint density at radius 1 is 0.923 bits per heavy atom. The monoisotopic (exact) mass is 528 g/mol. The highest BCUT2D eigenvalue weighted by Crippen LogP contribution is 2.37. The van der Waals surface area contributed by atoms with Gasteiger partial charge in [-0.05, 0) is 71.1 Å². The van der Waals surface area contributed by atoms with Crippen molar-refractivity contribution in [2.24, 2.45) is 0 Å².